The van der Waals surface area contributed by atoms with Crippen LogP contribution in [0.25, 0.3) is 10.6 Å². The molecule has 0 spiro atoms. The monoisotopic (exact) mass is 374 g/mol. The summed E-state index contributed by atoms with van der Waals surface area (Å²) in [7, 11) is -3.85. The Kier molecular flexibility index (Phi) is 5.90. The molecule has 2 N–H and O–H groups in total. The molecule has 0 aromatic carbocycles. The zero-order valence-corrected chi connectivity index (χ0v) is 15.2. The summed E-state index contributed by atoms with van der Waals surface area (Å²) in [4.78, 5) is 16.3. The molecule has 0 saturated carbocycles. The topological polar surface area (TPSA) is 96.4 Å². The molecule has 1 atom stereocenters. The number of sulfonamides is 1. The van der Waals surface area contributed by atoms with Gasteiger partial charge in [0.15, 0.2) is 0 Å². The second-order valence-electron chi connectivity index (χ2n) is 5.02. The van der Waals surface area contributed by atoms with Crippen molar-refractivity contribution in [1.82, 2.24) is 9.71 Å². The maximum absolute atomic E-state index is 12.4. The van der Waals surface area contributed by atoms with Crippen LogP contribution in [0.5, 0.6) is 0 Å². The highest BCUT2D eigenvalue weighted by Gasteiger charge is 2.26. The Morgan fingerprint density at radius 1 is 1.43 bits per heavy atom. The number of aliphatic carboxylic acids is 1. The van der Waals surface area contributed by atoms with E-state index in [1.54, 1.807) is 6.07 Å². The lowest BCUT2D eigenvalue weighted by atomic mass is 10.1. The summed E-state index contributed by atoms with van der Waals surface area (Å²) in [6, 6.07) is 2.07. The van der Waals surface area contributed by atoms with Crippen molar-refractivity contribution in [2.45, 2.75) is 43.4 Å². The predicted octanol–water partition coefficient (Wildman–Crippen LogP) is 3.10. The molecule has 0 saturated heterocycles. The Balaban J connectivity index is 2.19. The fourth-order valence-electron chi connectivity index (χ4n) is 1.97. The van der Waals surface area contributed by atoms with Crippen LogP contribution in [0.3, 0.4) is 0 Å². The highest BCUT2D eigenvalue weighted by atomic mass is 32.2. The molecule has 0 aliphatic heterocycles. The van der Waals surface area contributed by atoms with Crippen LogP contribution < -0.4 is 4.72 Å². The molecule has 126 valence electrons. The van der Waals surface area contributed by atoms with Crippen molar-refractivity contribution in [3.05, 3.63) is 22.5 Å². The second kappa shape index (κ2) is 7.52. The number of thiazole rings is 1. The van der Waals surface area contributed by atoms with E-state index in [-0.39, 0.29) is 10.6 Å². The van der Waals surface area contributed by atoms with Crippen molar-refractivity contribution >= 4 is 38.7 Å². The lowest BCUT2D eigenvalue weighted by Crippen LogP contribution is -2.40. The Labute approximate surface area is 143 Å². The van der Waals surface area contributed by atoms with Gasteiger partial charge in [-0.2, -0.15) is 4.72 Å². The van der Waals surface area contributed by atoms with E-state index in [1.807, 2.05) is 19.2 Å². The van der Waals surface area contributed by atoms with Gasteiger partial charge < -0.3 is 5.11 Å². The van der Waals surface area contributed by atoms with Gasteiger partial charge in [0.25, 0.3) is 10.0 Å². The van der Waals surface area contributed by atoms with Gasteiger partial charge in [-0.3, -0.25) is 4.79 Å². The van der Waals surface area contributed by atoms with Crippen LogP contribution in [0.15, 0.2) is 21.7 Å². The molecular formula is C14H18N2O4S3. The van der Waals surface area contributed by atoms with E-state index in [1.165, 1.54) is 17.4 Å². The number of nitrogens with one attached hydrogen (secondary N) is 1. The third kappa shape index (κ3) is 4.60. The van der Waals surface area contributed by atoms with Gasteiger partial charge in [-0.05, 0) is 25.5 Å². The quantitative estimate of drug-likeness (QED) is 0.740. The average Bonchev–Trinajstić information content (AvgIpc) is 3.11. The normalized spacial score (nSPS) is 13.1. The lowest BCUT2D eigenvalue weighted by Gasteiger charge is -2.13. The molecule has 0 aliphatic rings. The molecule has 0 unspecified atom stereocenters. The smallest absolute Gasteiger partial charge is 0.321 e. The Bertz CT molecular complexity index is 780. The van der Waals surface area contributed by atoms with Gasteiger partial charge in [-0.1, -0.05) is 19.8 Å². The Hall–Kier alpha value is -1.29. The van der Waals surface area contributed by atoms with Crippen molar-refractivity contribution in [3.63, 3.8) is 0 Å². The summed E-state index contributed by atoms with van der Waals surface area (Å²) in [6.07, 6.45) is 1.72. The van der Waals surface area contributed by atoms with Crippen molar-refractivity contribution in [3.8, 4) is 10.6 Å². The van der Waals surface area contributed by atoms with E-state index < -0.39 is 22.0 Å². The molecule has 2 aromatic rings. The van der Waals surface area contributed by atoms with Crippen molar-refractivity contribution in [2.24, 2.45) is 0 Å². The molecule has 0 amide bonds. The Morgan fingerprint density at radius 3 is 2.74 bits per heavy atom. The fraction of sp³-hybridized carbons (Fsp3) is 0.429. The summed E-state index contributed by atoms with van der Waals surface area (Å²) in [5, 5.41) is 11.9. The molecule has 0 radical (unpaired) electrons. The number of thiophene rings is 1. The minimum atomic E-state index is -3.85. The third-order valence-electron chi connectivity index (χ3n) is 3.16. The molecule has 6 nitrogen and oxygen atoms in total. The maximum Gasteiger partial charge on any atom is 0.321 e. The number of aryl methyl sites for hydroxylation is 1. The first-order valence-electron chi connectivity index (χ1n) is 7.11. The second-order valence-corrected chi connectivity index (χ2v) is 9.11. The summed E-state index contributed by atoms with van der Waals surface area (Å²) in [5.41, 5.74) is 0.736. The van der Waals surface area contributed by atoms with Gasteiger partial charge in [0.1, 0.15) is 10.3 Å². The zero-order valence-electron chi connectivity index (χ0n) is 12.8. The first-order chi connectivity index (χ1) is 10.8. The predicted molar refractivity (Wildman–Crippen MR) is 91.4 cm³/mol. The standard InChI is InChI=1S/C14H18N2O4S3/c1-3-4-5-10(14(17)18)16-23(19,20)13-7-6-12(22-13)11-8-21-9(2)15-11/h6-8,10,16H,3-5H2,1-2H3,(H,17,18)/t10-/m0/s1. The number of carbonyl (C=O) groups is 1. The van der Waals surface area contributed by atoms with Gasteiger partial charge in [0.2, 0.25) is 0 Å². The van der Waals surface area contributed by atoms with E-state index in [2.05, 4.69) is 9.71 Å². The van der Waals surface area contributed by atoms with Gasteiger partial charge in [-0.15, -0.1) is 22.7 Å². The molecule has 0 bridgehead atoms. The van der Waals surface area contributed by atoms with Crippen LogP contribution in [0, 0.1) is 6.92 Å². The minimum Gasteiger partial charge on any atom is -0.480 e. The zero-order chi connectivity index (χ0) is 17.0. The maximum atomic E-state index is 12.4. The van der Waals surface area contributed by atoms with E-state index in [0.717, 1.165) is 33.3 Å². The molecule has 0 aliphatic carbocycles. The molecule has 2 rings (SSSR count). The van der Waals surface area contributed by atoms with Gasteiger partial charge in [0.05, 0.1) is 15.6 Å². The van der Waals surface area contributed by atoms with Crippen LogP contribution in [0.4, 0.5) is 0 Å². The van der Waals surface area contributed by atoms with Crippen LogP contribution in [0.1, 0.15) is 31.2 Å². The third-order valence-corrected chi connectivity index (χ3v) is 7.00. The molecule has 2 heterocycles. The summed E-state index contributed by atoms with van der Waals surface area (Å²) >= 11 is 2.58. The SMILES string of the molecule is CCCC[C@H](NS(=O)(=O)c1ccc(-c2csc(C)n2)s1)C(=O)O. The molecule has 23 heavy (non-hydrogen) atoms. The average molecular weight is 375 g/mol. The highest BCUT2D eigenvalue weighted by molar-refractivity contribution is 7.91. The van der Waals surface area contributed by atoms with Gasteiger partial charge in [-0.25, -0.2) is 13.4 Å². The number of unbranched alkanes of at least 4 members (excludes halogenated alkanes) is 1. The lowest BCUT2D eigenvalue weighted by molar-refractivity contribution is -0.139. The summed E-state index contributed by atoms with van der Waals surface area (Å²) < 4.78 is 27.1. The number of carboxylic acid groups (broad SMARTS) is 1. The van der Waals surface area contributed by atoms with Crippen molar-refractivity contribution in [2.75, 3.05) is 0 Å². The first kappa shape index (κ1) is 18.1. The number of aromatic nitrogens is 1. The fourth-order valence-corrected chi connectivity index (χ4v) is 5.16. The number of rotatable bonds is 8. The molecule has 2 aromatic heterocycles. The van der Waals surface area contributed by atoms with Gasteiger partial charge in [0, 0.05) is 5.38 Å². The van der Waals surface area contributed by atoms with E-state index >= 15 is 0 Å². The Morgan fingerprint density at radius 2 is 2.17 bits per heavy atom. The van der Waals surface area contributed by atoms with Crippen molar-refractivity contribution < 1.29 is 18.3 Å². The minimum absolute atomic E-state index is 0.0981. The number of nitrogens with zero attached hydrogens (tertiary/aromatic N) is 1. The molecule has 9 heteroatoms. The molecular weight excluding hydrogens is 356 g/mol. The summed E-state index contributed by atoms with van der Waals surface area (Å²) in [5.74, 6) is -1.16. The first-order valence-corrected chi connectivity index (χ1v) is 10.3. The summed E-state index contributed by atoms with van der Waals surface area (Å²) in [6.45, 7) is 3.81. The van der Waals surface area contributed by atoms with Crippen molar-refractivity contribution in [1.29, 1.82) is 0 Å². The van der Waals surface area contributed by atoms with E-state index in [4.69, 9.17) is 5.11 Å². The van der Waals surface area contributed by atoms with Crippen LogP contribution in [-0.2, 0) is 14.8 Å². The number of hydrogen-bond acceptors (Lipinski definition) is 6. The largest absolute Gasteiger partial charge is 0.480 e. The van der Waals surface area contributed by atoms with Crippen LogP contribution in [0.2, 0.25) is 0 Å². The number of carboxylic acids is 1. The van der Waals surface area contributed by atoms with Crippen LogP contribution >= 0.6 is 22.7 Å². The highest BCUT2D eigenvalue weighted by Crippen LogP contribution is 2.31. The van der Waals surface area contributed by atoms with E-state index in [9.17, 15) is 13.2 Å². The van der Waals surface area contributed by atoms with Gasteiger partial charge >= 0.3 is 5.97 Å². The van der Waals surface area contributed by atoms with E-state index in [0.29, 0.717) is 6.42 Å². The molecule has 0 fully saturated rings. The number of hydrogen-bond donors (Lipinski definition) is 2. The van der Waals surface area contributed by atoms with Crippen LogP contribution in [-0.4, -0.2) is 30.5 Å².